The molecule has 1 amide bonds. The lowest BCUT2D eigenvalue weighted by molar-refractivity contribution is -0.126. The second kappa shape index (κ2) is 8.81. The Kier molecular flexibility index (Phi) is 6.76. The van der Waals surface area contributed by atoms with Crippen molar-refractivity contribution in [3.63, 3.8) is 0 Å². The van der Waals surface area contributed by atoms with Crippen molar-refractivity contribution in [2.45, 2.75) is 25.1 Å². The molecule has 2 rings (SSSR count). The number of hydrogen-bond acceptors (Lipinski definition) is 5. The highest BCUT2D eigenvalue weighted by molar-refractivity contribution is 5.76. The highest BCUT2D eigenvalue weighted by atomic mass is 16.5. The molecule has 0 aromatic carbocycles. The zero-order valence-electron chi connectivity index (χ0n) is 13.7. The molecule has 1 fully saturated rings. The predicted octanol–water partition coefficient (Wildman–Crippen LogP) is -0.300. The summed E-state index contributed by atoms with van der Waals surface area (Å²) in [5, 5.41) is 2.92. The van der Waals surface area contributed by atoms with Crippen LogP contribution in [0.5, 0.6) is 0 Å². The van der Waals surface area contributed by atoms with Crippen LogP contribution in [0.4, 0.5) is 0 Å². The quantitative estimate of drug-likeness (QED) is 0.746. The van der Waals surface area contributed by atoms with Gasteiger partial charge >= 0.3 is 0 Å². The summed E-state index contributed by atoms with van der Waals surface area (Å²) in [6, 6.07) is 4.63. The Morgan fingerprint density at radius 1 is 1.48 bits per heavy atom. The molecule has 1 N–H and O–H groups in total. The molecule has 23 heavy (non-hydrogen) atoms. The van der Waals surface area contributed by atoms with Gasteiger partial charge < -0.3 is 24.3 Å². The summed E-state index contributed by atoms with van der Waals surface area (Å²) in [7, 11) is 3.98. The van der Waals surface area contributed by atoms with Gasteiger partial charge in [0.1, 0.15) is 6.54 Å². The Morgan fingerprint density at radius 3 is 3.04 bits per heavy atom. The Morgan fingerprint density at radius 2 is 2.30 bits per heavy atom. The first-order chi connectivity index (χ1) is 11.1. The monoisotopic (exact) mass is 323 g/mol. The van der Waals surface area contributed by atoms with Gasteiger partial charge in [0.2, 0.25) is 5.91 Å². The number of ether oxygens (including phenoxy) is 2. The molecular weight excluding hydrogens is 298 g/mol. The number of rotatable bonds is 7. The van der Waals surface area contributed by atoms with Crippen LogP contribution in [0.3, 0.4) is 0 Å². The molecule has 0 saturated carbocycles. The van der Waals surface area contributed by atoms with E-state index in [1.807, 2.05) is 14.1 Å². The Hall–Kier alpha value is -1.70. The number of nitrogens with zero attached hydrogens (tertiary/aromatic N) is 2. The fourth-order valence-corrected chi connectivity index (χ4v) is 2.44. The SMILES string of the molecule is CN(C)CCO[C@H]1CCOC[C@H]1NC(=O)Cn1ccccc1=O. The first-order valence-corrected chi connectivity index (χ1v) is 7.85. The predicted molar refractivity (Wildman–Crippen MR) is 86.4 cm³/mol. The third kappa shape index (κ3) is 5.78. The van der Waals surface area contributed by atoms with E-state index in [1.165, 1.54) is 10.6 Å². The Balaban J connectivity index is 1.86. The van der Waals surface area contributed by atoms with Crippen molar-refractivity contribution in [3.05, 3.63) is 34.7 Å². The Bertz CT molecular complexity index is 558. The van der Waals surface area contributed by atoms with Crippen LogP contribution in [0.2, 0.25) is 0 Å². The highest BCUT2D eigenvalue weighted by Crippen LogP contribution is 2.12. The molecule has 2 heterocycles. The van der Waals surface area contributed by atoms with Gasteiger partial charge in [-0.05, 0) is 26.6 Å². The van der Waals surface area contributed by atoms with Gasteiger partial charge in [-0.25, -0.2) is 0 Å². The van der Waals surface area contributed by atoms with Gasteiger partial charge in [-0.2, -0.15) is 0 Å². The molecule has 0 bridgehead atoms. The minimum absolute atomic E-state index is 0.000586. The van der Waals surface area contributed by atoms with Crippen molar-refractivity contribution in [1.82, 2.24) is 14.8 Å². The number of carbonyl (C=O) groups excluding carboxylic acids is 1. The fraction of sp³-hybridized carbons (Fsp3) is 0.625. The van der Waals surface area contributed by atoms with Crippen molar-refractivity contribution in [2.75, 3.05) is 40.5 Å². The number of amides is 1. The molecule has 1 saturated heterocycles. The summed E-state index contributed by atoms with van der Waals surface area (Å²) in [5.41, 5.74) is -0.193. The molecule has 2 atom stereocenters. The molecular formula is C16H25N3O4. The summed E-state index contributed by atoms with van der Waals surface area (Å²) in [6.45, 7) is 2.51. The number of pyridine rings is 1. The average molecular weight is 323 g/mol. The number of aromatic nitrogens is 1. The molecule has 0 radical (unpaired) electrons. The molecule has 1 aromatic rings. The van der Waals surface area contributed by atoms with Crippen LogP contribution in [-0.4, -0.2) is 68.0 Å². The molecule has 1 aromatic heterocycles. The van der Waals surface area contributed by atoms with Crippen molar-refractivity contribution in [1.29, 1.82) is 0 Å². The maximum Gasteiger partial charge on any atom is 0.250 e. The zero-order valence-corrected chi connectivity index (χ0v) is 13.7. The van der Waals surface area contributed by atoms with E-state index >= 15 is 0 Å². The van der Waals surface area contributed by atoms with Crippen LogP contribution in [0.15, 0.2) is 29.2 Å². The van der Waals surface area contributed by atoms with E-state index in [9.17, 15) is 9.59 Å². The van der Waals surface area contributed by atoms with E-state index in [0.29, 0.717) is 19.8 Å². The van der Waals surface area contributed by atoms with Crippen molar-refractivity contribution >= 4 is 5.91 Å². The van der Waals surface area contributed by atoms with E-state index in [0.717, 1.165) is 13.0 Å². The summed E-state index contributed by atoms with van der Waals surface area (Å²) < 4.78 is 12.7. The lowest BCUT2D eigenvalue weighted by Crippen LogP contribution is -2.52. The van der Waals surface area contributed by atoms with Gasteiger partial charge in [0.05, 0.1) is 25.4 Å². The van der Waals surface area contributed by atoms with Crippen LogP contribution >= 0.6 is 0 Å². The van der Waals surface area contributed by atoms with Gasteiger partial charge in [0, 0.05) is 25.4 Å². The Labute approximate surface area is 136 Å². The van der Waals surface area contributed by atoms with Crippen LogP contribution in [0, 0.1) is 0 Å². The van der Waals surface area contributed by atoms with Crippen LogP contribution in [0.1, 0.15) is 6.42 Å². The van der Waals surface area contributed by atoms with Gasteiger partial charge in [0.15, 0.2) is 0 Å². The summed E-state index contributed by atoms with van der Waals surface area (Å²) in [4.78, 5) is 25.9. The minimum Gasteiger partial charge on any atom is -0.379 e. The normalized spacial score (nSPS) is 21.3. The molecule has 7 nitrogen and oxygen atoms in total. The highest BCUT2D eigenvalue weighted by Gasteiger charge is 2.27. The molecule has 128 valence electrons. The van der Waals surface area contributed by atoms with E-state index < -0.39 is 0 Å². The summed E-state index contributed by atoms with van der Waals surface area (Å²) in [6.07, 6.45) is 2.30. The number of hydrogen-bond donors (Lipinski definition) is 1. The second-order valence-corrected chi connectivity index (χ2v) is 5.92. The summed E-state index contributed by atoms with van der Waals surface area (Å²) >= 11 is 0. The van der Waals surface area contributed by atoms with Gasteiger partial charge in [0.25, 0.3) is 5.56 Å². The van der Waals surface area contributed by atoms with Gasteiger partial charge in [-0.1, -0.05) is 6.07 Å². The lowest BCUT2D eigenvalue weighted by Gasteiger charge is -2.32. The van der Waals surface area contributed by atoms with Crippen molar-refractivity contribution in [3.8, 4) is 0 Å². The third-order valence-electron chi connectivity index (χ3n) is 3.72. The average Bonchev–Trinajstić information content (AvgIpc) is 2.51. The zero-order chi connectivity index (χ0) is 16.7. The minimum atomic E-state index is -0.213. The van der Waals surface area contributed by atoms with Crippen molar-refractivity contribution in [2.24, 2.45) is 0 Å². The van der Waals surface area contributed by atoms with Crippen molar-refractivity contribution < 1.29 is 14.3 Å². The van der Waals surface area contributed by atoms with Crippen LogP contribution in [0.25, 0.3) is 0 Å². The maximum atomic E-state index is 12.2. The molecule has 1 aliphatic heterocycles. The van der Waals surface area contributed by atoms with Crippen LogP contribution < -0.4 is 10.9 Å². The number of nitrogens with one attached hydrogen (secondary N) is 1. The lowest BCUT2D eigenvalue weighted by atomic mass is 10.1. The number of likely N-dealkylation sites (N-methyl/N-ethyl adjacent to an activating group) is 1. The molecule has 0 unspecified atom stereocenters. The number of carbonyl (C=O) groups is 1. The van der Waals surface area contributed by atoms with E-state index in [1.54, 1.807) is 18.3 Å². The molecule has 7 heteroatoms. The largest absolute Gasteiger partial charge is 0.379 e. The molecule has 0 spiro atoms. The molecule has 1 aliphatic rings. The third-order valence-corrected chi connectivity index (χ3v) is 3.72. The molecule has 0 aliphatic carbocycles. The first kappa shape index (κ1) is 17.7. The van der Waals surface area contributed by atoms with Gasteiger partial charge in [-0.15, -0.1) is 0 Å². The first-order valence-electron chi connectivity index (χ1n) is 7.85. The standard InChI is InChI=1S/C16H25N3O4/c1-18(2)8-10-23-14-6-9-22-12-13(14)17-15(20)11-19-7-4-3-5-16(19)21/h3-5,7,13-14H,6,8-12H2,1-2H3,(H,17,20)/t13-,14+/m1/s1. The smallest absolute Gasteiger partial charge is 0.250 e. The van der Waals surface area contributed by atoms with E-state index in [4.69, 9.17) is 9.47 Å². The summed E-state index contributed by atoms with van der Waals surface area (Å²) in [5.74, 6) is -0.213. The maximum absolute atomic E-state index is 12.2. The second-order valence-electron chi connectivity index (χ2n) is 5.92. The van der Waals surface area contributed by atoms with Crippen LogP contribution in [-0.2, 0) is 20.8 Å². The van der Waals surface area contributed by atoms with E-state index in [-0.39, 0.29) is 30.2 Å². The fourth-order valence-electron chi connectivity index (χ4n) is 2.44. The van der Waals surface area contributed by atoms with E-state index in [2.05, 4.69) is 10.2 Å². The van der Waals surface area contributed by atoms with Gasteiger partial charge in [-0.3, -0.25) is 9.59 Å². The topological polar surface area (TPSA) is 72.8 Å².